The van der Waals surface area contributed by atoms with Crippen LogP contribution in [0.2, 0.25) is 0 Å². The third-order valence-electron chi connectivity index (χ3n) is 15.1. The zero-order valence-corrected chi connectivity index (χ0v) is 34.6. The number of hydrogen-bond acceptors (Lipinski definition) is 3. The van der Waals surface area contributed by atoms with Gasteiger partial charge in [0, 0.05) is 41.8 Å². The minimum atomic E-state index is 0.0228. The van der Waals surface area contributed by atoms with E-state index in [1.165, 1.54) is 84.8 Å². The third-order valence-corrected chi connectivity index (χ3v) is 16.3. The van der Waals surface area contributed by atoms with Crippen molar-refractivity contribution in [1.82, 2.24) is 9.97 Å². The summed E-state index contributed by atoms with van der Waals surface area (Å²) in [5.41, 5.74) is 14.3. The molecular formula is C57H44N2S. The summed E-state index contributed by atoms with van der Waals surface area (Å²) in [4.78, 5) is 10.9. The van der Waals surface area contributed by atoms with Crippen LogP contribution in [0.25, 0.3) is 94.0 Å². The molecule has 2 nitrogen and oxygen atoms in total. The second kappa shape index (κ2) is 12.9. The maximum absolute atomic E-state index is 5.44. The van der Waals surface area contributed by atoms with Crippen molar-refractivity contribution in [2.45, 2.75) is 44.4 Å². The van der Waals surface area contributed by atoms with Gasteiger partial charge in [-0.2, -0.15) is 0 Å². The predicted octanol–water partition coefficient (Wildman–Crippen LogP) is 13.5. The Hall–Kier alpha value is -6.16. The Morgan fingerprint density at radius 1 is 0.633 bits per heavy atom. The molecule has 2 heterocycles. The molecule has 0 atom stereocenters. The first kappa shape index (κ1) is 34.7. The molecule has 1 spiro atoms. The highest BCUT2D eigenvalue weighted by molar-refractivity contribution is 7.17. The lowest BCUT2D eigenvalue weighted by atomic mass is 9.43. The second-order valence-electron chi connectivity index (χ2n) is 18.1. The lowest BCUT2D eigenvalue weighted by Gasteiger charge is -2.61. The van der Waals surface area contributed by atoms with Crippen LogP contribution in [0.4, 0.5) is 0 Å². The Bertz CT molecular complexity index is 3400. The number of benzene rings is 7. The van der Waals surface area contributed by atoms with Crippen molar-refractivity contribution in [2.75, 3.05) is 0 Å². The average molecular weight is 789 g/mol. The number of allylic oxidation sites excluding steroid dienone is 1. The molecule has 0 N–H and O–H groups in total. The molecule has 0 unspecified atom stereocenters. The minimum absolute atomic E-state index is 0.0228. The molecule has 14 rings (SSSR count). The quantitative estimate of drug-likeness (QED) is 0.166. The Morgan fingerprint density at radius 2 is 1.37 bits per heavy atom. The van der Waals surface area contributed by atoms with Gasteiger partial charge in [-0.25, -0.2) is 9.97 Å². The molecule has 2 aromatic heterocycles. The first-order chi connectivity index (χ1) is 29.5. The Morgan fingerprint density at radius 3 is 2.18 bits per heavy atom. The van der Waals surface area contributed by atoms with Gasteiger partial charge in [0.1, 0.15) is 0 Å². The first-order valence-electron chi connectivity index (χ1n) is 21.9. The van der Waals surface area contributed by atoms with Crippen LogP contribution < -0.4 is 9.75 Å². The summed E-state index contributed by atoms with van der Waals surface area (Å²) in [5.74, 6) is 3.07. The van der Waals surface area contributed by atoms with Crippen LogP contribution in [0.1, 0.15) is 55.7 Å². The average Bonchev–Trinajstić information content (AvgIpc) is 3.79. The number of nitrogens with zero attached hydrogens (tertiary/aromatic N) is 2. The van der Waals surface area contributed by atoms with Gasteiger partial charge in [-0.15, -0.1) is 11.3 Å². The molecule has 0 radical (unpaired) electrons. The number of hydrogen-bond donors (Lipinski definition) is 0. The van der Waals surface area contributed by atoms with Crippen LogP contribution in [0.5, 0.6) is 0 Å². The fraction of sp³-hybridized carbons (Fsp3) is 0.193. The molecule has 5 aliphatic rings. The molecule has 9 aromatic rings. The molecule has 0 amide bonds. The third kappa shape index (κ3) is 4.87. The van der Waals surface area contributed by atoms with Crippen LogP contribution >= 0.6 is 11.3 Å². The molecule has 60 heavy (non-hydrogen) atoms. The molecule has 4 saturated carbocycles. The number of fused-ring (bicyclic) bond motifs is 8. The van der Waals surface area contributed by atoms with Gasteiger partial charge in [0.25, 0.3) is 0 Å². The molecule has 5 aliphatic carbocycles. The van der Waals surface area contributed by atoms with E-state index in [0.29, 0.717) is 11.8 Å². The second-order valence-corrected chi connectivity index (χ2v) is 19.2. The molecule has 288 valence electrons. The molecule has 0 aliphatic heterocycles. The fourth-order valence-electron chi connectivity index (χ4n) is 12.9. The van der Waals surface area contributed by atoms with E-state index in [9.17, 15) is 0 Å². The van der Waals surface area contributed by atoms with E-state index in [4.69, 9.17) is 16.5 Å². The summed E-state index contributed by atoms with van der Waals surface area (Å²) < 4.78 is 2.63. The van der Waals surface area contributed by atoms with Crippen molar-refractivity contribution in [1.29, 1.82) is 0 Å². The van der Waals surface area contributed by atoms with Gasteiger partial charge in [0.2, 0.25) is 0 Å². The zero-order valence-electron chi connectivity index (χ0n) is 33.8. The molecule has 4 fully saturated rings. The lowest BCUT2D eigenvalue weighted by Crippen LogP contribution is -2.55. The highest BCUT2D eigenvalue weighted by Gasteiger charge is 2.61. The first-order valence-corrected chi connectivity index (χ1v) is 22.7. The van der Waals surface area contributed by atoms with Crippen LogP contribution in [0.3, 0.4) is 0 Å². The number of rotatable bonds is 4. The van der Waals surface area contributed by atoms with Gasteiger partial charge in [-0.1, -0.05) is 122 Å². The maximum atomic E-state index is 5.44. The van der Waals surface area contributed by atoms with Crippen LogP contribution in [-0.4, -0.2) is 9.97 Å². The highest BCUT2D eigenvalue weighted by Crippen LogP contribution is 2.70. The predicted molar refractivity (Wildman–Crippen MR) is 253 cm³/mol. The van der Waals surface area contributed by atoms with E-state index >= 15 is 0 Å². The topological polar surface area (TPSA) is 25.8 Å². The van der Waals surface area contributed by atoms with Gasteiger partial charge in [-0.05, 0) is 149 Å². The van der Waals surface area contributed by atoms with E-state index in [-0.39, 0.29) is 5.41 Å². The fourth-order valence-corrected chi connectivity index (χ4v) is 14.0. The number of aromatic nitrogens is 2. The van der Waals surface area contributed by atoms with Crippen molar-refractivity contribution >= 4 is 71.7 Å². The van der Waals surface area contributed by atoms with Crippen molar-refractivity contribution in [2.24, 2.45) is 23.7 Å². The van der Waals surface area contributed by atoms with Crippen LogP contribution in [0.15, 0.2) is 146 Å². The van der Waals surface area contributed by atoms with E-state index in [1.807, 2.05) is 11.3 Å². The zero-order chi connectivity index (χ0) is 39.7. The summed E-state index contributed by atoms with van der Waals surface area (Å²) in [6, 6.07) is 51.6. The van der Waals surface area contributed by atoms with Crippen LogP contribution in [-0.2, 0) is 5.41 Å². The standard InChI is InChI=1S/C57H44N2S/c1-3-51-46(45-16-9-10-19-52(45)60-51)24-33(2)43-17-11-18-48-53(43)47-31-38-20-21-39(30-40(38)32-49(47)57(48)41-26-34-25-35(28-41)29-42(57)27-34)55-54(37-13-5-4-6-14-37)59-56-44-15-8-7-12-36(44)22-23-50(56)58-55/h3-24,30-32,34-35,41-42H,2,25-29H2,1H3/b46-24-,51-3+. The Labute approximate surface area is 354 Å². The smallest absolute Gasteiger partial charge is 0.0973 e. The molecule has 0 saturated heterocycles. The highest BCUT2D eigenvalue weighted by atomic mass is 32.1. The molecule has 7 aromatic carbocycles. The summed E-state index contributed by atoms with van der Waals surface area (Å²) in [7, 11) is 0. The SMILES string of the molecule is C=C(/C=c1\c(=C/C)sc2ccccc12)c1cccc2c1-c1cc3ccc(-c4nc5ccc6ccccc6c5nc4-c4ccccc4)cc3cc1C21C2CC3CC(C2)CC1C3. The van der Waals surface area contributed by atoms with Crippen molar-refractivity contribution in [3.8, 4) is 33.6 Å². The molecule has 4 bridgehead atoms. The summed E-state index contributed by atoms with van der Waals surface area (Å²) >= 11 is 1.87. The summed E-state index contributed by atoms with van der Waals surface area (Å²) in [6.45, 7) is 7.02. The summed E-state index contributed by atoms with van der Waals surface area (Å²) in [6.07, 6.45) is 11.5. The van der Waals surface area contributed by atoms with Gasteiger partial charge in [0.05, 0.1) is 22.4 Å². The van der Waals surface area contributed by atoms with Crippen molar-refractivity contribution < 1.29 is 0 Å². The molecular weight excluding hydrogens is 745 g/mol. The minimum Gasteiger partial charge on any atom is -0.244 e. The van der Waals surface area contributed by atoms with Gasteiger partial charge >= 0.3 is 0 Å². The maximum Gasteiger partial charge on any atom is 0.0973 e. The van der Waals surface area contributed by atoms with Crippen molar-refractivity contribution in [3.63, 3.8) is 0 Å². The lowest BCUT2D eigenvalue weighted by molar-refractivity contribution is -0.0399. The van der Waals surface area contributed by atoms with Gasteiger partial charge in [-0.3, -0.25) is 0 Å². The van der Waals surface area contributed by atoms with E-state index in [1.54, 1.807) is 11.1 Å². The largest absolute Gasteiger partial charge is 0.244 e. The Kier molecular flexibility index (Phi) is 7.47. The summed E-state index contributed by atoms with van der Waals surface area (Å²) in [5, 5.41) is 7.46. The van der Waals surface area contributed by atoms with Gasteiger partial charge < -0.3 is 0 Å². The van der Waals surface area contributed by atoms with Crippen LogP contribution in [0, 0.1) is 23.7 Å². The normalized spacial score (nSPS) is 23.1. The van der Waals surface area contributed by atoms with Crippen molar-refractivity contribution in [3.05, 3.63) is 173 Å². The number of thiophene rings is 1. The van der Waals surface area contributed by atoms with Gasteiger partial charge in [0.15, 0.2) is 0 Å². The van der Waals surface area contributed by atoms with E-state index in [0.717, 1.165) is 56.3 Å². The Balaban J connectivity index is 1.03. The monoisotopic (exact) mass is 788 g/mol. The van der Waals surface area contributed by atoms with E-state index < -0.39 is 0 Å². The molecule has 3 heteroatoms. The van der Waals surface area contributed by atoms with E-state index in [2.05, 4.69) is 159 Å².